The molecule has 16 heavy (non-hydrogen) atoms. The van der Waals surface area contributed by atoms with E-state index in [2.05, 4.69) is 16.8 Å². The summed E-state index contributed by atoms with van der Waals surface area (Å²) in [6.07, 6.45) is 2.39. The van der Waals surface area contributed by atoms with Gasteiger partial charge in [-0.2, -0.15) is 0 Å². The topological polar surface area (TPSA) is 62.4 Å². The van der Waals surface area contributed by atoms with E-state index in [1.54, 1.807) is 6.20 Å². The first-order chi connectivity index (χ1) is 7.44. The molecule has 1 aliphatic heterocycles. The van der Waals surface area contributed by atoms with E-state index in [0.717, 1.165) is 11.1 Å². The van der Waals surface area contributed by atoms with Gasteiger partial charge in [0.05, 0.1) is 0 Å². The Hall–Kier alpha value is -1.13. The molecule has 0 aliphatic carbocycles. The SMILES string of the molecule is Cc1ccnc(N)c1C1(O)CC(C)N(C)C1. The summed E-state index contributed by atoms with van der Waals surface area (Å²) < 4.78 is 0. The molecular formula is C12H19N3O. The van der Waals surface area contributed by atoms with E-state index >= 15 is 0 Å². The summed E-state index contributed by atoms with van der Waals surface area (Å²) in [4.78, 5) is 6.22. The van der Waals surface area contributed by atoms with E-state index in [1.807, 2.05) is 20.0 Å². The number of hydrogen-bond acceptors (Lipinski definition) is 4. The van der Waals surface area contributed by atoms with Crippen LogP contribution in [0.2, 0.25) is 0 Å². The standard InChI is InChI=1S/C12H19N3O/c1-8-4-5-14-11(13)10(8)12(16)6-9(2)15(3)7-12/h4-5,9,16H,6-7H2,1-3H3,(H2,13,14). The second-order valence-electron chi connectivity index (χ2n) is 4.89. The first kappa shape index (κ1) is 11.4. The van der Waals surface area contributed by atoms with Gasteiger partial charge in [0.15, 0.2) is 0 Å². The molecule has 1 fully saturated rings. The molecule has 4 nitrogen and oxygen atoms in total. The molecule has 2 rings (SSSR count). The highest BCUT2D eigenvalue weighted by atomic mass is 16.3. The minimum Gasteiger partial charge on any atom is -0.384 e. The number of likely N-dealkylation sites (N-methyl/N-ethyl adjacent to an activating group) is 1. The number of aryl methyl sites for hydroxylation is 1. The van der Waals surface area contributed by atoms with Gasteiger partial charge < -0.3 is 15.7 Å². The van der Waals surface area contributed by atoms with Crippen LogP contribution in [0, 0.1) is 6.92 Å². The largest absolute Gasteiger partial charge is 0.384 e. The molecule has 3 N–H and O–H groups in total. The molecule has 0 radical (unpaired) electrons. The Bertz CT molecular complexity index is 375. The van der Waals surface area contributed by atoms with Gasteiger partial charge in [-0.15, -0.1) is 0 Å². The van der Waals surface area contributed by atoms with Crippen LogP contribution in [-0.2, 0) is 5.60 Å². The Kier molecular flexibility index (Phi) is 2.64. The number of nitrogens with two attached hydrogens (primary N) is 1. The van der Waals surface area contributed by atoms with E-state index in [0.29, 0.717) is 24.8 Å². The molecule has 1 aliphatic rings. The fraction of sp³-hybridized carbons (Fsp3) is 0.583. The van der Waals surface area contributed by atoms with Crippen molar-refractivity contribution in [1.29, 1.82) is 0 Å². The van der Waals surface area contributed by atoms with Crippen LogP contribution in [0.4, 0.5) is 5.82 Å². The lowest BCUT2D eigenvalue weighted by Gasteiger charge is -2.25. The molecule has 2 heterocycles. The second kappa shape index (κ2) is 3.71. The lowest BCUT2D eigenvalue weighted by atomic mass is 9.89. The minimum absolute atomic E-state index is 0.365. The van der Waals surface area contributed by atoms with E-state index < -0.39 is 5.60 Å². The van der Waals surface area contributed by atoms with Gasteiger partial charge >= 0.3 is 0 Å². The highest BCUT2D eigenvalue weighted by Gasteiger charge is 2.42. The Morgan fingerprint density at radius 3 is 2.81 bits per heavy atom. The summed E-state index contributed by atoms with van der Waals surface area (Å²) in [5, 5.41) is 10.7. The van der Waals surface area contributed by atoms with Crippen molar-refractivity contribution in [3.8, 4) is 0 Å². The zero-order valence-corrected chi connectivity index (χ0v) is 10.1. The van der Waals surface area contributed by atoms with Crippen LogP contribution in [-0.4, -0.2) is 34.6 Å². The van der Waals surface area contributed by atoms with Gasteiger partial charge in [0, 0.05) is 24.3 Å². The molecule has 88 valence electrons. The quantitative estimate of drug-likeness (QED) is 0.739. The summed E-state index contributed by atoms with van der Waals surface area (Å²) in [5.74, 6) is 0.449. The Morgan fingerprint density at radius 1 is 1.62 bits per heavy atom. The maximum absolute atomic E-state index is 10.7. The summed E-state index contributed by atoms with van der Waals surface area (Å²) in [6, 6.07) is 2.26. The lowest BCUT2D eigenvalue weighted by Crippen LogP contribution is -2.31. The second-order valence-corrected chi connectivity index (χ2v) is 4.89. The van der Waals surface area contributed by atoms with Gasteiger partial charge in [-0.25, -0.2) is 4.98 Å². The van der Waals surface area contributed by atoms with Crippen LogP contribution in [0.3, 0.4) is 0 Å². The fourth-order valence-corrected chi connectivity index (χ4v) is 2.64. The molecule has 1 saturated heterocycles. The highest BCUT2D eigenvalue weighted by Crippen LogP contribution is 2.38. The smallest absolute Gasteiger partial charge is 0.129 e. The summed E-state index contributed by atoms with van der Waals surface area (Å²) in [6.45, 7) is 4.69. The summed E-state index contributed by atoms with van der Waals surface area (Å²) in [5.41, 5.74) is 6.85. The van der Waals surface area contributed by atoms with Crippen molar-refractivity contribution in [1.82, 2.24) is 9.88 Å². The predicted octanol–water partition coefficient (Wildman–Crippen LogP) is 0.884. The number of rotatable bonds is 1. The molecule has 0 aromatic carbocycles. The zero-order chi connectivity index (χ0) is 11.9. The highest BCUT2D eigenvalue weighted by molar-refractivity contribution is 5.48. The molecule has 0 amide bonds. The van der Waals surface area contributed by atoms with Crippen LogP contribution in [0.25, 0.3) is 0 Å². The number of nitrogens with zero attached hydrogens (tertiary/aromatic N) is 2. The number of nitrogen functional groups attached to an aromatic ring is 1. The number of anilines is 1. The molecule has 0 bridgehead atoms. The van der Waals surface area contributed by atoms with Crippen molar-refractivity contribution < 1.29 is 5.11 Å². The van der Waals surface area contributed by atoms with Crippen LogP contribution >= 0.6 is 0 Å². The normalized spacial score (nSPS) is 30.9. The van der Waals surface area contributed by atoms with Crippen molar-refractivity contribution in [2.24, 2.45) is 0 Å². The van der Waals surface area contributed by atoms with Crippen LogP contribution in [0.15, 0.2) is 12.3 Å². The third-order valence-electron chi connectivity index (χ3n) is 3.55. The average molecular weight is 221 g/mol. The van der Waals surface area contributed by atoms with Gasteiger partial charge in [-0.05, 0) is 38.9 Å². The molecule has 1 aromatic rings. The Labute approximate surface area is 96.1 Å². The van der Waals surface area contributed by atoms with Gasteiger partial charge in [0.2, 0.25) is 0 Å². The number of pyridine rings is 1. The molecule has 4 heteroatoms. The number of β-amino-alcohol motifs (C(OH)–C–C–N with tert-alkyl or cyclic N) is 1. The molecule has 2 atom stereocenters. The minimum atomic E-state index is -0.851. The third-order valence-corrected chi connectivity index (χ3v) is 3.55. The van der Waals surface area contributed by atoms with E-state index in [-0.39, 0.29) is 0 Å². The van der Waals surface area contributed by atoms with Gasteiger partial charge in [0.1, 0.15) is 11.4 Å². The predicted molar refractivity (Wildman–Crippen MR) is 64.0 cm³/mol. The van der Waals surface area contributed by atoms with Crippen molar-refractivity contribution in [3.63, 3.8) is 0 Å². The monoisotopic (exact) mass is 221 g/mol. The average Bonchev–Trinajstić information content (AvgIpc) is 2.40. The maximum atomic E-state index is 10.7. The first-order valence-corrected chi connectivity index (χ1v) is 5.58. The van der Waals surface area contributed by atoms with Crippen molar-refractivity contribution in [2.75, 3.05) is 19.3 Å². The molecule has 0 saturated carbocycles. The van der Waals surface area contributed by atoms with Gasteiger partial charge in [-0.3, -0.25) is 0 Å². The van der Waals surface area contributed by atoms with Crippen LogP contribution in [0.1, 0.15) is 24.5 Å². The van der Waals surface area contributed by atoms with Gasteiger partial charge in [-0.1, -0.05) is 0 Å². The molecule has 1 aromatic heterocycles. The van der Waals surface area contributed by atoms with Crippen LogP contribution < -0.4 is 5.73 Å². The van der Waals surface area contributed by atoms with Gasteiger partial charge in [0.25, 0.3) is 0 Å². The molecule has 0 spiro atoms. The Balaban J connectivity index is 2.45. The zero-order valence-electron chi connectivity index (χ0n) is 10.1. The van der Waals surface area contributed by atoms with E-state index in [4.69, 9.17) is 5.73 Å². The summed E-state index contributed by atoms with van der Waals surface area (Å²) >= 11 is 0. The third kappa shape index (κ3) is 1.68. The van der Waals surface area contributed by atoms with Crippen LogP contribution in [0.5, 0.6) is 0 Å². The van der Waals surface area contributed by atoms with Crippen molar-refractivity contribution in [3.05, 3.63) is 23.4 Å². The number of likely N-dealkylation sites (tertiary alicyclic amines) is 1. The van der Waals surface area contributed by atoms with Crippen molar-refractivity contribution >= 4 is 5.82 Å². The Morgan fingerprint density at radius 2 is 2.31 bits per heavy atom. The first-order valence-electron chi connectivity index (χ1n) is 5.58. The molecular weight excluding hydrogens is 202 g/mol. The number of aliphatic hydroxyl groups is 1. The molecule has 2 unspecified atom stereocenters. The fourth-order valence-electron chi connectivity index (χ4n) is 2.64. The van der Waals surface area contributed by atoms with Crippen molar-refractivity contribution in [2.45, 2.75) is 31.9 Å². The number of aromatic nitrogens is 1. The number of hydrogen-bond donors (Lipinski definition) is 2. The maximum Gasteiger partial charge on any atom is 0.129 e. The van der Waals surface area contributed by atoms with E-state index in [1.165, 1.54) is 0 Å². The van der Waals surface area contributed by atoms with E-state index in [9.17, 15) is 5.11 Å². The summed E-state index contributed by atoms with van der Waals surface area (Å²) in [7, 11) is 2.02. The lowest BCUT2D eigenvalue weighted by molar-refractivity contribution is 0.0484.